The quantitative estimate of drug-likeness (QED) is 0.465. The van der Waals surface area contributed by atoms with Crippen LogP contribution < -0.4 is 0 Å². The normalized spacial score (nSPS) is 15.8. The summed E-state index contributed by atoms with van der Waals surface area (Å²) < 4.78 is 0. The molecule has 3 heterocycles. The standard InChI is InChI=1S/C17H13N3O5S/c21-14(18-6-4-13-10(8-18)5-7-26-13)9-19-16(22)11-2-1-3-12(20(24)25)15(11)17(19)23/h1-3,5,7H,4,6,8-9H2. The molecule has 0 N–H and O–H groups in total. The molecule has 0 radical (unpaired) electrons. The van der Waals surface area contributed by atoms with Crippen LogP contribution in [0.5, 0.6) is 0 Å². The van der Waals surface area contributed by atoms with E-state index in [1.165, 1.54) is 23.1 Å². The van der Waals surface area contributed by atoms with Gasteiger partial charge in [-0.2, -0.15) is 0 Å². The van der Waals surface area contributed by atoms with E-state index in [2.05, 4.69) is 0 Å². The monoisotopic (exact) mass is 371 g/mol. The Balaban J connectivity index is 1.55. The number of imide groups is 1. The van der Waals surface area contributed by atoms with E-state index in [1.54, 1.807) is 16.2 Å². The van der Waals surface area contributed by atoms with Gasteiger partial charge in [-0.1, -0.05) is 6.07 Å². The van der Waals surface area contributed by atoms with Gasteiger partial charge in [0.15, 0.2) is 0 Å². The lowest BCUT2D eigenvalue weighted by Gasteiger charge is -2.28. The number of benzene rings is 1. The van der Waals surface area contributed by atoms with Crippen LogP contribution in [0.15, 0.2) is 29.6 Å². The lowest BCUT2D eigenvalue weighted by atomic mass is 10.1. The molecule has 2 aromatic rings. The lowest BCUT2D eigenvalue weighted by Crippen LogP contribution is -2.44. The largest absolute Gasteiger partial charge is 0.336 e. The van der Waals surface area contributed by atoms with Crippen molar-refractivity contribution < 1.29 is 19.3 Å². The number of nitro benzene ring substituents is 1. The number of nitrogens with zero attached hydrogens (tertiary/aromatic N) is 3. The van der Waals surface area contributed by atoms with Gasteiger partial charge in [-0.25, -0.2) is 0 Å². The molecule has 0 spiro atoms. The van der Waals surface area contributed by atoms with Crippen LogP contribution in [-0.4, -0.2) is 45.5 Å². The summed E-state index contributed by atoms with van der Waals surface area (Å²) in [6.45, 7) is 0.555. The average molecular weight is 371 g/mol. The molecule has 8 nitrogen and oxygen atoms in total. The summed E-state index contributed by atoms with van der Waals surface area (Å²) in [6.07, 6.45) is 0.742. The van der Waals surface area contributed by atoms with Gasteiger partial charge < -0.3 is 4.90 Å². The molecular formula is C17H13N3O5S. The Hall–Kier alpha value is -3.07. The predicted octanol–water partition coefficient (Wildman–Crippen LogP) is 1.84. The Labute approximate surface area is 151 Å². The first-order valence-electron chi connectivity index (χ1n) is 7.94. The summed E-state index contributed by atoms with van der Waals surface area (Å²) >= 11 is 1.65. The second-order valence-electron chi connectivity index (χ2n) is 6.09. The van der Waals surface area contributed by atoms with Gasteiger partial charge >= 0.3 is 0 Å². The molecule has 26 heavy (non-hydrogen) atoms. The van der Waals surface area contributed by atoms with Crippen LogP contribution >= 0.6 is 11.3 Å². The van der Waals surface area contributed by atoms with Crippen molar-refractivity contribution in [2.75, 3.05) is 13.1 Å². The molecule has 2 aliphatic rings. The van der Waals surface area contributed by atoms with Crippen molar-refractivity contribution in [2.45, 2.75) is 13.0 Å². The molecule has 9 heteroatoms. The third kappa shape index (κ3) is 2.48. The van der Waals surface area contributed by atoms with E-state index < -0.39 is 29.0 Å². The maximum Gasteiger partial charge on any atom is 0.282 e. The van der Waals surface area contributed by atoms with Gasteiger partial charge in [0.05, 0.1) is 10.5 Å². The van der Waals surface area contributed by atoms with Crippen LogP contribution in [0.3, 0.4) is 0 Å². The second kappa shape index (κ2) is 6.03. The maximum absolute atomic E-state index is 12.6. The Bertz CT molecular complexity index is 967. The number of amides is 3. The van der Waals surface area contributed by atoms with Crippen molar-refractivity contribution in [3.05, 3.63) is 61.3 Å². The van der Waals surface area contributed by atoms with Crippen molar-refractivity contribution >= 4 is 34.7 Å². The molecule has 0 unspecified atom stereocenters. The summed E-state index contributed by atoms with van der Waals surface area (Å²) in [5.41, 5.74) is 0.383. The van der Waals surface area contributed by atoms with Crippen LogP contribution in [0.4, 0.5) is 5.69 Å². The molecule has 132 valence electrons. The SMILES string of the molecule is O=C(CN1C(=O)c2cccc([N+](=O)[O-])c2C1=O)N1CCc2sccc2C1. The smallest absolute Gasteiger partial charge is 0.282 e. The Morgan fingerprint density at radius 3 is 2.81 bits per heavy atom. The number of thiophene rings is 1. The molecule has 2 aliphatic heterocycles. The third-order valence-electron chi connectivity index (χ3n) is 4.63. The van der Waals surface area contributed by atoms with Crippen LogP contribution in [0, 0.1) is 10.1 Å². The average Bonchev–Trinajstić information content (AvgIpc) is 3.19. The van der Waals surface area contributed by atoms with E-state index in [0.717, 1.165) is 16.9 Å². The summed E-state index contributed by atoms with van der Waals surface area (Å²) in [6, 6.07) is 5.87. The molecule has 0 bridgehead atoms. The molecule has 0 saturated heterocycles. The zero-order chi connectivity index (χ0) is 18.4. The number of hydrogen-bond acceptors (Lipinski definition) is 6. The number of hydrogen-bond donors (Lipinski definition) is 0. The lowest BCUT2D eigenvalue weighted by molar-refractivity contribution is -0.385. The van der Waals surface area contributed by atoms with E-state index in [4.69, 9.17) is 0 Å². The van der Waals surface area contributed by atoms with Crippen LogP contribution in [0.1, 0.15) is 31.2 Å². The fraction of sp³-hybridized carbons (Fsp3) is 0.235. The fourth-order valence-electron chi connectivity index (χ4n) is 3.31. The minimum Gasteiger partial charge on any atom is -0.336 e. The highest BCUT2D eigenvalue weighted by atomic mass is 32.1. The third-order valence-corrected chi connectivity index (χ3v) is 5.65. The maximum atomic E-state index is 12.6. The van der Waals surface area contributed by atoms with Crippen molar-refractivity contribution in [1.29, 1.82) is 0 Å². The first-order chi connectivity index (χ1) is 12.5. The molecule has 1 aromatic carbocycles. The Morgan fingerprint density at radius 2 is 2.04 bits per heavy atom. The van der Waals surface area contributed by atoms with Crippen molar-refractivity contribution in [1.82, 2.24) is 9.80 Å². The summed E-state index contributed by atoms with van der Waals surface area (Å²) in [7, 11) is 0. The number of carbonyl (C=O) groups excluding carboxylic acids is 3. The number of rotatable bonds is 3. The van der Waals surface area contributed by atoms with E-state index >= 15 is 0 Å². The van der Waals surface area contributed by atoms with E-state index in [-0.39, 0.29) is 17.0 Å². The topological polar surface area (TPSA) is 101 Å². The first kappa shape index (κ1) is 16.4. The number of carbonyl (C=O) groups is 3. The van der Waals surface area contributed by atoms with Gasteiger partial charge in [0, 0.05) is 24.0 Å². The minimum atomic E-state index is -0.793. The van der Waals surface area contributed by atoms with Crippen molar-refractivity contribution in [3.63, 3.8) is 0 Å². The molecule has 0 saturated carbocycles. The molecule has 3 amide bonds. The molecule has 1 aromatic heterocycles. The zero-order valence-corrected chi connectivity index (χ0v) is 14.3. The predicted molar refractivity (Wildman–Crippen MR) is 91.9 cm³/mol. The van der Waals surface area contributed by atoms with Crippen LogP contribution in [-0.2, 0) is 17.8 Å². The van der Waals surface area contributed by atoms with Gasteiger partial charge in [0.1, 0.15) is 12.1 Å². The molecule has 4 rings (SSSR count). The molecule has 0 fully saturated rings. The molecular weight excluding hydrogens is 358 g/mol. The second-order valence-corrected chi connectivity index (χ2v) is 7.09. The fourth-order valence-corrected chi connectivity index (χ4v) is 4.20. The van der Waals surface area contributed by atoms with Gasteiger partial charge in [-0.15, -0.1) is 11.3 Å². The highest BCUT2D eigenvalue weighted by Crippen LogP contribution is 2.31. The van der Waals surface area contributed by atoms with E-state index in [9.17, 15) is 24.5 Å². The number of fused-ring (bicyclic) bond motifs is 2. The van der Waals surface area contributed by atoms with Crippen LogP contribution in [0.2, 0.25) is 0 Å². The van der Waals surface area contributed by atoms with Crippen molar-refractivity contribution in [3.8, 4) is 0 Å². The summed E-state index contributed by atoms with van der Waals surface area (Å²) in [4.78, 5) is 51.7. The van der Waals surface area contributed by atoms with Crippen LogP contribution in [0.25, 0.3) is 0 Å². The highest BCUT2D eigenvalue weighted by molar-refractivity contribution is 7.10. The summed E-state index contributed by atoms with van der Waals surface area (Å²) in [5, 5.41) is 13.1. The Kier molecular flexibility index (Phi) is 3.80. The van der Waals surface area contributed by atoms with Crippen molar-refractivity contribution in [2.24, 2.45) is 0 Å². The minimum absolute atomic E-state index is 0.0317. The van der Waals surface area contributed by atoms with Gasteiger partial charge in [-0.3, -0.25) is 29.4 Å². The van der Waals surface area contributed by atoms with E-state index in [1.807, 2.05) is 11.4 Å². The summed E-state index contributed by atoms with van der Waals surface area (Å²) in [5.74, 6) is -1.81. The van der Waals surface area contributed by atoms with E-state index in [0.29, 0.717) is 13.1 Å². The van der Waals surface area contributed by atoms with Gasteiger partial charge in [0.25, 0.3) is 17.5 Å². The number of nitro groups is 1. The molecule has 0 aliphatic carbocycles. The van der Waals surface area contributed by atoms with Gasteiger partial charge in [0.2, 0.25) is 5.91 Å². The zero-order valence-electron chi connectivity index (χ0n) is 13.5. The van der Waals surface area contributed by atoms with Gasteiger partial charge in [-0.05, 0) is 29.5 Å². The first-order valence-corrected chi connectivity index (χ1v) is 8.82. The highest BCUT2D eigenvalue weighted by Gasteiger charge is 2.42. The Morgan fingerprint density at radius 1 is 1.23 bits per heavy atom. The molecule has 0 atom stereocenters.